The van der Waals surface area contributed by atoms with E-state index in [-0.39, 0.29) is 17.1 Å². The van der Waals surface area contributed by atoms with Gasteiger partial charge in [0.2, 0.25) is 0 Å². The van der Waals surface area contributed by atoms with E-state index in [1.807, 2.05) is 97.9 Å². The molecular formula is C44H30CuN8. The third-order valence-corrected chi connectivity index (χ3v) is 9.11. The molecule has 0 bridgehead atoms. The smallest absolute Gasteiger partial charge is 0.664 e. The Kier molecular flexibility index (Phi) is 9.32. The Morgan fingerprint density at radius 2 is 0.962 bits per heavy atom. The monoisotopic (exact) mass is 733 g/mol. The number of nitrogens with zero attached hydrogens (tertiary/aromatic N) is 6. The average Bonchev–Trinajstić information content (AvgIpc) is 4.04. The SMILES string of the molecule is C1=C/C(=C(\c2ccc(-c3c[nH]c4ncccc34)cc2)c2ccc[n-]2)N=C1.C1=C/C(=C(\c2ccc(-c3c[nH]c4ncccc34)cc2)c2ccc[n-]2)N=C1.[Cu+2]. The number of pyridine rings is 2. The van der Waals surface area contributed by atoms with Crippen LogP contribution in [0.5, 0.6) is 0 Å². The van der Waals surface area contributed by atoms with Crippen molar-refractivity contribution in [2.75, 3.05) is 0 Å². The second-order valence-corrected chi connectivity index (χ2v) is 12.2. The summed E-state index contributed by atoms with van der Waals surface area (Å²) in [6.07, 6.45) is 22.8. The molecule has 10 rings (SSSR count). The van der Waals surface area contributed by atoms with Crippen LogP contribution in [0.4, 0.5) is 0 Å². The number of rotatable bonds is 6. The molecule has 257 valence electrons. The van der Waals surface area contributed by atoms with Gasteiger partial charge in [-0.1, -0.05) is 72.8 Å². The summed E-state index contributed by atoms with van der Waals surface area (Å²) in [7, 11) is 0. The van der Waals surface area contributed by atoms with Gasteiger partial charge in [-0.25, -0.2) is 9.97 Å². The van der Waals surface area contributed by atoms with E-state index in [1.54, 1.807) is 12.4 Å². The summed E-state index contributed by atoms with van der Waals surface area (Å²) in [5.41, 5.74) is 14.5. The van der Waals surface area contributed by atoms with Crippen molar-refractivity contribution < 1.29 is 17.1 Å². The quantitative estimate of drug-likeness (QED) is 0.166. The van der Waals surface area contributed by atoms with Crippen LogP contribution in [0.25, 0.3) is 55.5 Å². The number of benzene rings is 2. The Balaban J connectivity index is 0.000000148. The third-order valence-electron chi connectivity index (χ3n) is 9.11. The number of aromatic amines is 2. The van der Waals surface area contributed by atoms with Crippen molar-refractivity contribution >= 4 is 45.6 Å². The summed E-state index contributed by atoms with van der Waals surface area (Å²) >= 11 is 0. The van der Waals surface area contributed by atoms with Gasteiger partial charge in [0.15, 0.2) is 0 Å². The second kappa shape index (κ2) is 14.8. The van der Waals surface area contributed by atoms with Gasteiger partial charge in [-0.3, -0.25) is 9.98 Å². The van der Waals surface area contributed by atoms with Gasteiger partial charge in [-0.05, 0) is 82.0 Å². The van der Waals surface area contributed by atoms with Crippen LogP contribution in [0.3, 0.4) is 0 Å². The molecule has 0 spiro atoms. The molecule has 0 fully saturated rings. The van der Waals surface area contributed by atoms with Crippen LogP contribution in [-0.4, -0.2) is 32.4 Å². The maximum atomic E-state index is 4.47. The Morgan fingerprint density at radius 1 is 0.509 bits per heavy atom. The van der Waals surface area contributed by atoms with Gasteiger partial charge in [0.05, 0.1) is 11.4 Å². The van der Waals surface area contributed by atoms with Crippen LogP contribution in [0.2, 0.25) is 0 Å². The van der Waals surface area contributed by atoms with Crippen LogP contribution in [0, 0.1) is 0 Å². The maximum Gasteiger partial charge on any atom is 2.00 e. The fourth-order valence-electron chi connectivity index (χ4n) is 6.67. The van der Waals surface area contributed by atoms with Gasteiger partial charge >= 0.3 is 17.1 Å². The van der Waals surface area contributed by atoms with Gasteiger partial charge in [-0.15, -0.1) is 11.4 Å². The van der Waals surface area contributed by atoms with Crippen LogP contribution in [-0.2, 0) is 17.1 Å². The topological polar surface area (TPSA) is 110 Å². The first-order valence-electron chi connectivity index (χ1n) is 16.9. The minimum Gasteiger partial charge on any atom is -0.664 e. The number of hydrogen-bond acceptors (Lipinski definition) is 4. The predicted octanol–water partition coefficient (Wildman–Crippen LogP) is 9.17. The third kappa shape index (κ3) is 6.58. The van der Waals surface area contributed by atoms with E-state index in [1.165, 1.54) is 0 Å². The van der Waals surface area contributed by atoms with Crippen molar-refractivity contribution in [3.63, 3.8) is 0 Å². The molecule has 0 atom stereocenters. The molecule has 2 aliphatic heterocycles. The number of allylic oxidation sites excluding steroid dienone is 4. The van der Waals surface area contributed by atoms with Crippen molar-refractivity contribution in [3.05, 3.63) is 192 Å². The normalized spacial score (nSPS) is 14.8. The van der Waals surface area contributed by atoms with Gasteiger partial charge in [-0.2, -0.15) is 12.4 Å². The second-order valence-electron chi connectivity index (χ2n) is 12.2. The van der Waals surface area contributed by atoms with Crippen molar-refractivity contribution in [1.82, 2.24) is 29.9 Å². The van der Waals surface area contributed by atoms with Crippen LogP contribution < -0.4 is 9.97 Å². The Bertz CT molecular complexity index is 2480. The number of aromatic nitrogens is 6. The van der Waals surface area contributed by atoms with E-state index >= 15 is 0 Å². The number of aliphatic imine (C=N–C) groups is 2. The molecule has 0 unspecified atom stereocenters. The molecule has 53 heavy (non-hydrogen) atoms. The fourth-order valence-corrected chi connectivity index (χ4v) is 6.67. The Labute approximate surface area is 316 Å². The minimum atomic E-state index is 0. The molecule has 9 heteroatoms. The number of fused-ring (bicyclic) bond motifs is 2. The number of H-pyrrole nitrogens is 2. The number of hydrogen-bond donors (Lipinski definition) is 2. The molecule has 1 radical (unpaired) electrons. The fraction of sp³-hybridized carbons (Fsp3) is 0. The van der Waals surface area contributed by atoms with E-state index in [9.17, 15) is 0 Å². The molecule has 0 aliphatic carbocycles. The zero-order valence-electron chi connectivity index (χ0n) is 28.2. The molecule has 2 N–H and O–H groups in total. The van der Waals surface area contributed by atoms with Gasteiger partial charge < -0.3 is 19.9 Å². The maximum absolute atomic E-state index is 4.47. The first-order chi connectivity index (χ1) is 25.8. The molecule has 0 saturated heterocycles. The van der Waals surface area contributed by atoms with Crippen molar-refractivity contribution in [2.45, 2.75) is 0 Å². The van der Waals surface area contributed by atoms with Crippen LogP contribution >= 0.6 is 0 Å². The molecule has 2 aliphatic rings. The zero-order valence-corrected chi connectivity index (χ0v) is 29.1. The molecule has 0 amide bonds. The average molecular weight is 734 g/mol. The largest absolute Gasteiger partial charge is 2.00 e. The summed E-state index contributed by atoms with van der Waals surface area (Å²) in [5.74, 6) is 0. The van der Waals surface area contributed by atoms with Gasteiger partial charge in [0.25, 0.3) is 0 Å². The summed E-state index contributed by atoms with van der Waals surface area (Å²) in [6, 6.07) is 33.1. The van der Waals surface area contributed by atoms with E-state index in [0.717, 1.165) is 89.4 Å². The van der Waals surface area contributed by atoms with Crippen LogP contribution in [0.15, 0.2) is 180 Å². The molecule has 0 saturated carbocycles. The molecule has 8 aromatic rings. The molecule has 2 aromatic carbocycles. The van der Waals surface area contributed by atoms with Gasteiger partial charge in [0, 0.05) is 59.1 Å². The van der Waals surface area contributed by atoms with E-state index in [2.05, 4.69) is 101 Å². The van der Waals surface area contributed by atoms with E-state index in [0.29, 0.717) is 0 Å². The summed E-state index contributed by atoms with van der Waals surface area (Å²) in [6.45, 7) is 0. The van der Waals surface area contributed by atoms with Crippen molar-refractivity contribution in [3.8, 4) is 22.3 Å². The summed E-state index contributed by atoms with van der Waals surface area (Å²) < 4.78 is 0. The van der Waals surface area contributed by atoms with Crippen molar-refractivity contribution in [2.24, 2.45) is 9.98 Å². The van der Waals surface area contributed by atoms with E-state index in [4.69, 9.17) is 0 Å². The molecular weight excluding hydrogens is 704 g/mol. The summed E-state index contributed by atoms with van der Waals surface area (Å²) in [4.78, 5) is 33.1. The predicted molar refractivity (Wildman–Crippen MR) is 210 cm³/mol. The first kappa shape index (κ1) is 33.3. The zero-order chi connectivity index (χ0) is 34.7. The minimum absolute atomic E-state index is 0. The van der Waals surface area contributed by atoms with E-state index < -0.39 is 0 Å². The van der Waals surface area contributed by atoms with Crippen molar-refractivity contribution in [1.29, 1.82) is 0 Å². The molecule has 6 aromatic heterocycles. The molecule has 8 heterocycles. The first-order valence-corrected chi connectivity index (χ1v) is 16.9. The Morgan fingerprint density at radius 3 is 1.34 bits per heavy atom. The summed E-state index contributed by atoms with van der Waals surface area (Å²) in [5, 5.41) is 2.25. The van der Waals surface area contributed by atoms with Crippen LogP contribution in [0.1, 0.15) is 22.5 Å². The standard InChI is InChI=1S/2C22H15N4.Cu/c2*1-4-17-18(14-26-22(17)25-13-1)15-7-9-16(10-8-15)21(19-5-2-11-23-19)20-6-3-12-24-20;/h2*1-14H,(H,25,26);/q2*-1;+2/b2*21-19-;. The number of nitrogens with one attached hydrogen (secondary N) is 2. The molecule has 8 nitrogen and oxygen atoms in total. The Hall–Kier alpha value is -6.80. The van der Waals surface area contributed by atoms with Gasteiger partial charge in [0.1, 0.15) is 11.3 Å².